The molecule has 0 spiro atoms. The number of hydrogen-bond donors (Lipinski definition) is 3. The van der Waals surface area contributed by atoms with Crippen LogP contribution in [-0.4, -0.2) is 39.8 Å². The Balaban J connectivity index is 1.76. The maximum absolute atomic E-state index is 12.4. The van der Waals surface area contributed by atoms with Crippen LogP contribution in [0.15, 0.2) is 24.3 Å². The number of aromatic amines is 1. The Kier molecular flexibility index (Phi) is 4.85. The predicted octanol–water partition coefficient (Wildman–Crippen LogP) is 1.75. The van der Waals surface area contributed by atoms with Crippen LogP contribution in [0.3, 0.4) is 0 Å². The number of amides is 2. The minimum absolute atomic E-state index is 0.0606. The number of carbonyl (C=O) groups excluding carboxylic acids is 2. The minimum atomic E-state index is -0.427. The lowest BCUT2D eigenvalue weighted by atomic mass is 10.1. The molecular formula is C16H20N4O2S. The molecule has 2 amide bonds. The SMILES string of the molecule is CSCC[C@H](NC(=O)[C@H]1CCC(=O)N1)c1nc2ccccc2[nH]1. The van der Waals surface area contributed by atoms with E-state index in [1.165, 1.54) is 0 Å². The van der Waals surface area contributed by atoms with E-state index in [4.69, 9.17) is 0 Å². The predicted molar refractivity (Wildman–Crippen MR) is 91.1 cm³/mol. The van der Waals surface area contributed by atoms with Crippen LogP contribution >= 0.6 is 11.8 Å². The summed E-state index contributed by atoms with van der Waals surface area (Å²) in [6, 6.07) is 7.20. The molecule has 1 aromatic carbocycles. The van der Waals surface area contributed by atoms with E-state index in [0.29, 0.717) is 12.8 Å². The van der Waals surface area contributed by atoms with Crippen LogP contribution in [0.25, 0.3) is 11.0 Å². The lowest BCUT2D eigenvalue weighted by Gasteiger charge is -2.19. The fourth-order valence-electron chi connectivity index (χ4n) is 2.73. The van der Waals surface area contributed by atoms with E-state index >= 15 is 0 Å². The molecule has 3 rings (SSSR count). The van der Waals surface area contributed by atoms with Crippen molar-refractivity contribution in [2.24, 2.45) is 0 Å². The summed E-state index contributed by atoms with van der Waals surface area (Å²) in [5.74, 6) is 1.48. The van der Waals surface area contributed by atoms with Crippen molar-refractivity contribution < 1.29 is 9.59 Å². The van der Waals surface area contributed by atoms with E-state index < -0.39 is 6.04 Å². The number of carbonyl (C=O) groups is 2. The van der Waals surface area contributed by atoms with Gasteiger partial charge in [-0.05, 0) is 37.0 Å². The second kappa shape index (κ2) is 7.04. The molecule has 0 saturated carbocycles. The van der Waals surface area contributed by atoms with Gasteiger partial charge in [-0.1, -0.05) is 12.1 Å². The molecule has 3 N–H and O–H groups in total. The summed E-state index contributed by atoms with van der Waals surface area (Å²) in [5, 5.41) is 5.74. The third kappa shape index (κ3) is 3.67. The van der Waals surface area contributed by atoms with E-state index in [0.717, 1.165) is 29.0 Å². The van der Waals surface area contributed by atoms with Gasteiger partial charge in [0.25, 0.3) is 0 Å². The van der Waals surface area contributed by atoms with Crippen molar-refractivity contribution in [1.29, 1.82) is 0 Å². The molecule has 1 fully saturated rings. The number of thioether (sulfide) groups is 1. The monoisotopic (exact) mass is 332 g/mol. The first-order valence-corrected chi connectivity index (χ1v) is 9.10. The molecule has 1 aliphatic rings. The van der Waals surface area contributed by atoms with E-state index in [2.05, 4.69) is 20.6 Å². The van der Waals surface area contributed by atoms with Crippen molar-refractivity contribution in [3.63, 3.8) is 0 Å². The van der Waals surface area contributed by atoms with Crippen LogP contribution in [0, 0.1) is 0 Å². The highest BCUT2D eigenvalue weighted by Crippen LogP contribution is 2.20. The van der Waals surface area contributed by atoms with Gasteiger partial charge < -0.3 is 15.6 Å². The maximum Gasteiger partial charge on any atom is 0.243 e. The van der Waals surface area contributed by atoms with Gasteiger partial charge in [-0.15, -0.1) is 0 Å². The van der Waals surface area contributed by atoms with Crippen molar-refractivity contribution >= 4 is 34.6 Å². The Morgan fingerprint density at radius 3 is 3.00 bits per heavy atom. The molecule has 2 heterocycles. The molecule has 7 heteroatoms. The number of para-hydroxylation sites is 2. The molecule has 1 aromatic heterocycles. The summed E-state index contributed by atoms with van der Waals surface area (Å²) >= 11 is 1.73. The molecule has 0 unspecified atom stereocenters. The van der Waals surface area contributed by atoms with Gasteiger partial charge in [-0.2, -0.15) is 11.8 Å². The fraction of sp³-hybridized carbons (Fsp3) is 0.438. The van der Waals surface area contributed by atoms with Gasteiger partial charge >= 0.3 is 0 Å². The fourth-order valence-corrected chi connectivity index (χ4v) is 3.20. The van der Waals surface area contributed by atoms with Crippen molar-refractivity contribution in [2.75, 3.05) is 12.0 Å². The molecule has 2 atom stereocenters. The molecule has 2 aromatic rings. The number of rotatable bonds is 6. The number of fused-ring (bicyclic) bond motifs is 1. The summed E-state index contributed by atoms with van der Waals surface area (Å²) in [5.41, 5.74) is 1.85. The molecule has 0 aliphatic carbocycles. The summed E-state index contributed by atoms with van der Waals surface area (Å²) < 4.78 is 0. The summed E-state index contributed by atoms with van der Waals surface area (Å²) in [6.07, 6.45) is 3.79. The van der Waals surface area contributed by atoms with Gasteiger partial charge in [-0.25, -0.2) is 4.98 Å². The molecule has 122 valence electrons. The molecular weight excluding hydrogens is 312 g/mol. The molecule has 1 aliphatic heterocycles. The van der Waals surface area contributed by atoms with Crippen molar-refractivity contribution in [2.45, 2.75) is 31.3 Å². The second-order valence-electron chi connectivity index (χ2n) is 5.64. The van der Waals surface area contributed by atoms with Crippen LogP contribution in [0.2, 0.25) is 0 Å². The van der Waals surface area contributed by atoms with Gasteiger partial charge in [0.2, 0.25) is 11.8 Å². The van der Waals surface area contributed by atoms with Crippen LogP contribution in [0.1, 0.15) is 31.1 Å². The van der Waals surface area contributed by atoms with Crippen LogP contribution in [0.4, 0.5) is 0 Å². The molecule has 6 nitrogen and oxygen atoms in total. The first kappa shape index (κ1) is 15.9. The van der Waals surface area contributed by atoms with E-state index in [-0.39, 0.29) is 17.9 Å². The topological polar surface area (TPSA) is 86.9 Å². The number of hydrogen-bond acceptors (Lipinski definition) is 4. The summed E-state index contributed by atoms with van der Waals surface area (Å²) in [6.45, 7) is 0. The number of aromatic nitrogens is 2. The van der Waals surface area contributed by atoms with E-state index in [1.54, 1.807) is 11.8 Å². The van der Waals surface area contributed by atoms with Crippen LogP contribution in [-0.2, 0) is 9.59 Å². The average molecular weight is 332 g/mol. The van der Waals surface area contributed by atoms with Crippen molar-refractivity contribution in [1.82, 2.24) is 20.6 Å². The number of nitrogens with zero attached hydrogens (tertiary/aromatic N) is 1. The highest BCUT2D eigenvalue weighted by molar-refractivity contribution is 7.98. The van der Waals surface area contributed by atoms with E-state index in [9.17, 15) is 9.59 Å². The zero-order valence-electron chi connectivity index (χ0n) is 13.0. The third-order valence-corrected chi connectivity index (χ3v) is 4.62. The zero-order chi connectivity index (χ0) is 16.2. The first-order chi connectivity index (χ1) is 11.2. The number of benzene rings is 1. The lowest BCUT2D eigenvalue weighted by Crippen LogP contribution is -2.43. The Labute approximate surface area is 138 Å². The van der Waals surface area contributed by atoms with Gasteiger partial charge in [0.1, 0.15) is 11.9 Å². The smallest absolute Gasteiger partial charge is 0.243 e. The first-order valence-electron chi connectivity index (χ1n) is 7.70. The Bertz CT molecular complexity index is 682. The van der Waals surface area contributed by atoms with Crippen LogP contribution in [0.5, 0.6) is 0 Å². The lowest BCUT2D eigenvalue weighted by molar-refractivity contribution is -0.126. The average Bonchev–Trinajstić information content (AvgIpc) is 3.17. The summed E-state index contributed by atoms with van der Waals surface area (Å²) in [7, 11) is 0. The quantitative estimate of drug-likeness (QED) is 0.752. The molecule has 1 saturated heterocycles. The van der Waals surface area contributed by atoms with E-state index in [1.807, 2.05) is 30.5 Å². The second-order valence-corrected chi connectivity index (χ2v) is 6.63. The van der Waals surface area contributed by atoms with Crippen molar-refractivity contribution in [3.05, 3.63) is 30.1 Å². The largest absolute Gasteiger partial charge is 0.344 e. The maximum atomic E-state index is 12.4. The van der Waals surface area contributed by atoms with Gasteiger partial charge in [0.15, 0.2) is 0 Å². The normalized spacial score (nSPS) is 18.8. The number of imidazole rings is 1. The van der Waals surface area contributed by atoms with Gasteiger partial charge in [-0.3, -0.25) is 9.59 Å². The number of H-pyrrole nitrogens is 1. The molecule has 0 bridgehead atoms. The highest BCUT2D eigenvalue weighted by Gasteiger charge is 2.29. The third-order valence-electron chi connectivity index (χ3n) is 3.98. The van der Waals surface area contributed by atoms with Gasteiger partial charge in [0.05, 0.1) is 17.1 Å². The zero-order valence-corrected chi connectivity index (χ0v) is 13.8. The molecule has 0 radical (unpaired) electrons. The Morgan fingerprint density at radius 1 is 1.48 bits per heavy atom. The number of nitrogens with one attached hydrogen (secondary N) is 3. The Morgan fingerprint density at radius 2 is 2.30 bits per heavy atom. The van der Waals surface area contributed by atoms with Crippen molar-refractivity contribution in [3.8, 4) is 0 Å². The minimum Gasteiger partial charge on any atom is -0.344 e. The van der Waals surface area contributed by atoms with Gasteiger partial charge in [0, 0.05) is 6.42 Å². The highest BCUT2D eigenvalue weighted by atomic mass is 32.2. The Hall–Kier alpha value is -2.02. The summed E-state index contributed by atoms with van der Waals surface area (Å²) in [4.78, 5) is 31.5. The molecule has 23 heavy (non-hydrogen) atoms. The standard InChI is InChI=1S/C16H20N4O2S/c1-23-9-8-12(20-16(22)13-6-7-14(21)17-13)15-18-10-4-2-3-5-11(10)19-15/h2-5,12-13H,6-9H2,1H3,(H,17,21)(H,18,19)(H,20,22)/t12-,13+/m0/s1. The van der Waals surface area contributed by atoms with Crippen LogP contribution < -0.4 is 10.6 Å².